The molecule has 5 nitrogen and oxygen atoms in total. The van der Waals surface area contributed by atoms with Gasteiger partial charge in [-0.2, -0.15) is 0 Å². The normalized spacial score (nSPS) is 23.1. The van der Waals surface area contributed by atoms with Crippen LogP contribution in [0.3, 0.4) is 0 Å². The second kappa shape index (κ2) is 5.82. The number of primary amides is 1. The molecule has 0 saturated carbocycles. The van der Waals surface area contributed by atoms with Crippen LogP contribution in [0.2, 0.25) is 0 Å². The highest BCUT2D eigenvalue weighted by Crippen LogP contribution is 2.16. The summed E-state index contributed by atoms with van der Waals surface area (Å²) in [5, 5.41) is 12.3. The third kappa shape index (κ3) is 3.93. The molecule has 0 unspecified atom stereocenters. The van der Waals surface area contributed by atoms with Crippen LogP contribution in [0.15, 0.2) is 0 Å². The van der Waals surface area contributed by atoms with Crippen molar-refractivity contribution in [3.8, 4) is 0 Å². The Bertz CT molecular complexity index is 157. The molecular weight excluding hydrogens is 182 g/mol. The first-order valence-electron chi connectivity index (χ1n) is 5.18. The van der Waals surface area contributed by atoms with Gasteiger partial charge in [-0.3, -0.25) is 0 Å². The van der Waals surface area contributed by atoms with Crippen LogP contribution in [-0.4, -0.2) is 47.4 Å². The van der Waals surface area contributed by atoms with E-state index in [4.69, 9.17) is 9.90 Å². The van der Waals surface area contributed by atoms with Crippen molar-refractivity contribution in [1.29, 1.82) is 0 Å². The average Bonchev–Trinajstić information content (AvgIpc) is 2.76. The summed E-state index contributed by atoms with van der Waals surface area (Å²) in [6, 6.07) is 0. The third-order valence-corrected chi connectivity index (χ3v) is 2.56. The molecule has 1 amide bonds. The minimum atomic E-state index is -1.33. The van der Waals surface area contributed by atoms with E-state index in [-0.39, 0.29) is 0 Å². The highest BCUT2D eigenvalue weighted by Gasteiger charge is 2.21. The van der Waals surface area contributed by atoms with Crippen molar-refractivity contribution in [2.24, 2.45) is 5.73 Å². The molecule has 0 aromatic carbocycles. The van der Waals surface area contributed by atoms with Crippen molar-refractivity contribution in [2.75, 3.05) is 26.2 Å². The number of hydrazine groups is 1. The molecule has 2 heterocycles. The molecule has 5 heteroatoms. The van der Waals surface area contributed by atoms with E-state index < -0.39 is 6.09 Å². The van der Waals surface area contributed by atoms with Gasteiger partial charge in [-0.15, -0.1) is 0 Å². The van der Waals surface area contributed by atoms with E-state index in [2.05, 4.69) is 15.8 Å². The van der Waals surface area contributed by atoms with E-state index in [1.54, 1.807) is 0 Å². The van der Waals surface area contributed by atoms with Gasteiger partial charge in [0, 0.05) is 26.2 Å². The van der Waals surface area contributed by atoms with Gasteiger partial charge in [0.25, 0.3) is 0 Å². The second-order valence-corrected chi connectivity index (χ2v) is 3.66. The molecule has 0 aromatic rings. The summed E-state index contributed by atoms with van der Waals surface area (Å²) in [5.41, 5.74) is 4.03. The van der Waals surface area contributed by atoms with Crippen molar-refractivity contribution in [1.82, 2.24) is 10.0 Å². The van der Waals surface area contributed by atoms with Gasteiger partial charge >= 0.3 is 6.09 Å². The zero-order chi connectivity index (χ0) is 10.4. The Morgan fingerprint density at radius 2 is 1.14 bits per heavy atom. The number of hydrogen-bond donors (Lipinski definition) is 2. The fourth-order valence-electron chi connectivity index (χ4n) is 1.97. The van der Waals surface area contributed by atoms with Crippen LogP contribution < -0.4 is 5.73 Å². The fraction of sp³-hybridized carbons (Fsp3) is 0.889. The van der Waals surface area contributed by atoms with Gasteiger partial charge in [-0.25, -0.2) is 14.8 Å². The molecule has 82 valence electrons. The highest BCUT2D eigenvalue weighted by atomic mass is 16.4. The average molecular weight is 201 g/mol. The molecule has 14 heavy (non-hydrogen) atoms. The number of nitrogens with two attached hydrogens (primary N) is 1. The van der Waals surface area contributed by atoms with Crippen molar-refractivity contribution >= 4 is 6.09 Å². The van der Waals surface area contributed by atoms with Gasteiger partial charge in [0.2, 0.25) is 0 Å². The van der Waals surface area contributed by atoms with Gasteiger partial charge in [0.05, 0.1) is 0 Å². The Kier molecular flexibility index (Phi) is 4.69. The van der Waals surface area contributed by atoms with Crippen LogP contribution in [0.5, 0.6) is 0 Å². The van der Waals surface area contributed by atoms with Crippen molar-refractivity contribution < 1.29 is 9.90 Å². The third-order valence-electron chi connectivity index (χ3n) is 2.56. The van der Waals surface area contributed by atoms with Crippen molar-refractivity contribution in [3.63, 3.8) is 0 Å². The van der Waals surface area contributed by atoms with E-state index in [1.165, 1.54) is 51.9 Å². The van der Waals surface area contributed by atoms with E-state index in [1.807, 2.05) is 0 Å². The molecule has 3 N–H and O–H groups in total. The lowest BCUT2D eigenvalue weighted by Gasteiger charge is -2.26. The predicted octanol–water partition coefficient (Wildman–Crippen LogP) is 0.716. The molecule has 2 rings (SSSR count). The lowest BCUT2D eigenvalue weighted by Crippen LogP contribution is -2.38. The highest BCUT2D eigenvalue weighted by molar-refractivity contribution is 5.61. The van der Waals surface area contributed by atoms with Gasteiger partial charge in [-0.1, -0.05) is 0 Å². The molecule has 0 bridgehead atoms. The Morgan fingerprint density at radius 3 is 1.36 bits per heavy atom. The summed E-state index contributed by atoms with van der Waals surface area (Å²) >= 11 is 0. The number of carbonyl (C=O) groups is 1. The summed E-state index contributed by atoms with van der Waals surface area (Å²) in [6.45, 7) is 5.28. The zero-order valence-electron chi connectivity index (χ0n) is 8.48. The Morgan fingerprint density at radius 1 is 0.929 bits per heavy atom. The van der Waals surface area contributed by atoms with E-state index in [0.717, 1.165) is 0 Å². The van der Waals surface area contributed by atoms with Crippen LogP contribution in [-0.2, 0) is 0 Å². The first-order chi connectivity index (χ1) is 6.70. The number of amides is 1. The van der Waals surface area contributed by atoms with E-state index in [9.17, 15) is 0 Å². The monoisotopic (exact) mass is 201 g/mol. The van der Waals surface area contributed by atoms with Crippen LogP contribution in [0.1, 0.15) is 25.7 Å². The molecule has 2 fully saturated rings. The number of rotatable bonds is 1. The zero-order valence-corrected chi connectivity index (χ0v) is 8.48. The van der Waals surface area contributed by atoms with Crippen molar-refractivity contribution in [3.05, 3.63) is 0 Å². The summed E-state index contributed by atoms with van der Waals surface area (Å²) < 4.78 is 0. The van der Waals surface area contributed by atoms with Crippen LogP contribution >= 0.6 is 0 Å². The van der Waals surface area contributed by atoms with Gasteiger partial charge in [0.15, 0.2) is 0 Å². The largest absolute Gasteiger partial charge is 0.465 e. The molecule has 0 aliphatic carbocycles. The van der Waals surface area contributed by atoms with Gasteiger partial charge in [-0.05, 0) is 25.7 Å². The summed E-state index contributed by atoms with van der Waals surface area (Å²) in [6.07, 6.45) is 4.32. The smallest absolute Gasteiger partial charge is 0.402 e. The van der Waals surface area contributed by atoms with Gasteiger partial charge in [0.1, 0.15) is 0 Å². The number of nitrogens with zero attached hydrogens (tertiary/aromatic N) is 2. The molecule has 0 radical (unpaired) electrons. The Labute approximate surface area is 84.4 Å². The first kappa shape index (κ1) is 11.3. The molecule has 0 spiro atoms. The fourth-order valence-corrected chi connectivity index (χ4v) is 1.97. The van der Waals surface area contributed by atoms with E-state index >= 15 is 0 Å². The predicted molar refractivity (Wildman–Crippen MR) is 53.8 cm³/mol. The molecule has 2 aliphatic heterocycles. The quantitative estimate of drug-likeness (QED) is 0.655. The summed E-state index contributed by atoms with van der Waals surface area (Å²) in [7, 11) is 0. The van der Waals surface area contributed by atoms with Crippen LogP contribution in [0, 0.1) is 0 Å². The Balaban J connectivity index is 0.000000213. The topological polar surface area (TPSA) is 69.8 Å². The van der Waals surface area contributed by atoms with E-state index in [0.29, 0.717) is 0 Å². The van der Waals surface area contributed by atoms with Crippen LogP contribution in [0.25, 0.3) is 0 Å². The lowest BCUT2D eigenvalue weighted by molar-refractivity contribution is 0.0220. The number of hydrogen-bond acceptors (Lipinski definition) is 3. The maximum atomic E-state index is 8.78. The first-order valence-corrected chi connectivity index (χ1v) is 5.18. The standard InChI is InChI=1S/C8H16N2.CH3NO2/c1-2-6-9(5-1)10-7-3-4-8-10;2-1(3)4/h1-8H2;2H2,(H,3,4). The molecule has 2 saturated heterocycles. The van der Waals surface area contributed by atoms with Gasteiger partial charge < -0.3 is 10.8 Å². The molecule has 0 aromatic heterocycles. The maximum absolute atomic E-state index is 8.78. The second-order valence-electron chi connectivity index (χ2n) is 3.66. The molecular formula is C9H19N3O2. The maximum Gasteiger partial charge on any atom is 0.402 e. The minimum Gasteiger partial charge on any atom is -0.465 e. The van der Waals surface area contributed by atoms with Crippen molar-refractivity contribution in [2.45, 2.75) is 25.7 Å². The minimum absolute atomic E-state index is 1.32. The Hall–Kier alpha value is -0.810. The summed E-state index contributed by atoms with van der Waals surface area (Å²) in [5.74, 6) is 0. The SMILES string of the molecule is C1CCN(N2CCCC2)C1.NC(=O)O. The van der Waals surface area contributed by atoms with Crippen LogP contribution in [0.4, 0.5) is 4.79 Å². The molecule has 0 atom stereocenters. The molecule has 2 aliphatic rings. The summed E-state index contributed by atoms with van der Waals surface area (Å²) in [4.78, 5) is 8.78. The lowest BCUT2D eigenvalue weighted by atomic mass is 10.4. The number of carboxylic acid groups (broad SMARTS) is 1.